The van der Waals surface area contributed by atoms with Crippen molar-refractivity contribution in [1.29, 1.82) is 0 Å². The van der Waals surface area contributed by atoms with E-state index in [1.54, 1.807) is 30.5 Å². The maximum Gasteiger partial charge on any atom is 0.128 e. The molecule has 0 radical (unpaired) electrons. The van der Waals surface area contributed by atoms with E-state index in [0.29, 0.717) is 5.56 Å². The van der Waals surface area contributed by atoms with Gasteiger partial charge in [-0.25, -0.2) is 4.39 Å². The predicted octanol–water partition coefficient (Wildman–Crippen LogP) is 2.78. The quantitative estimate of drug-likeness (QED) is 0.818. The summed E-state index contributed by atoms with van der Waals surface area (Å²) in [7, 11) is 0. The molecule has 0 aliphatic rings. The number of aryl methyl sites for hydroxylation is 1. The van der Waals surface area contributed by atoms with Crippen molar-refractivity contribution < 1.29 is 8.81 Å². The van der Waals surface area contributed by atoms with Gasteiger partial charge in [0.15, 0.2) is 0 Å². The van der Waals surface area contributed by atoms with Crippen LogP contribution in [0, 0.1) is 12.7 Å². The van der Waals surface area contributed by atoms with Crippen LogP contribution >= 0.6 is 0 Å². The van der Waals surface area contributed by atoms with Crippen molar-refractivity contribution >= 4 is 0 Å². The molecule has 2 rings (SSSR count). The zero-order valence-electron chi connectivity index (χ0n) is 8.41. The van der Waals surface area contributed by atoms with Crippen molar-refractivity contribution in [3.05, 3.63) is 59.3 Å². The highest BCUT2D eigenvalue weighted by Gasteiger charge is 2.16. The third-order valence-corrected chi connectivity index (χ3v) is 2.47. The summed E-state index contributed by atoms with van der Waals surface area (Å²) in [5, 5.41) is 0. The molecule has 0 saturated carbocycles. The van der Waals surface area contributed by atoms with Gasteiger partial charge < -0.3 is 10.2 Å². The third-order valence-electron chi connectivity index (χ3n) is 2.47. The molecule has 3 heteroatoms. The maximum atomic E-state index is 13.5. The minimum atomic E-state index is -0.468. The number of benzene rings is 1. The van der Waals surface area contributed by atoms with E-state index >= 15 is 0 Å². The van der Waals surface area contributed by atoms with Crippen LogP contribution < -0.4 is 5.73 Å². The van der Waals surface area contributed by atoms with Gasteiger partial charge in [0.2, 0.25) is 0 Å². The van der Waals surface area contributed by atoms with Gasteiger partial charge in [-0.2, -0.15) is 0 Å². The molecule has 0 aliphatic carbocycles. The molecule has 2 aromatic rings. The van der Waals surface area contributed by atoms with Crippen LogP contribution in [0.4, 0.5) is 4.39 Å². The van der Waals surface area contributed by atoms with Gasteiger partial charge in [-0.1, -0.05) is 18.2 Å². The van der Waals surface area contributed by atoms with Crippen LogP contribution in [0.5, 0.6) is 0 Å². The lowest BCUT2D eigenvalue weighted by Gasteiger charge is -2.11. The van der Waals surface area contributed by atoms with Gasteiger partial charge >= 0.3 is 0 Å². The molecule has 1 unspecified atom stereocenters. The number of rotatable bonds is 2. The van der Waals surface area contributed by atoms with E-state index in [0.717, 1.165) is 11.3 Å². The van der Waals surface area contributed by atoms with Gasteiger partial charge in [-0.3, -0.25) is 0 Å². The van der Waals surface area contributed by atoms with Crippen LogP contribution in [0.15, 0.2) is 41.0 Å². The standard InChI is InChI=1S/C12H12FNO/c1-8-9(6-7-15-8)12(14)10-4-2-3-5-11(10)13/h2-7,12H,14H2,1H3. The molecular weight excluding hydrogens is 193 g/mol. The van der Waals surface area contributed by atoms with Gasteiger partial charge in [0.25, 0.3) is 0 Å². The molecule has 2 N–H and O–H groups in total. The fourth-order valence-corrected chi connectivity index (χ4v) is 1.61. The van der Waals surface area contributed by atoms with E-state index < -0.39 is 6.04 Å². The Kier molecular flexibility index (Phi) is 2.56. The fraction of sp³-hybridized carbons (Fsp3) is 0.167. The summed E-state index contributed by atoms with van der Waals surface area (Å²) in [5.74, 6) is 0.441. The van der Waals surface area contributed by atoms with E-state index in [4.69, 9.17) is 10.2 Å². The molecule has 0 amide bonds. The summed E-state index contributed by atoms with van der Waals surface area (Å²) in [4.78, 5) is 0. The van der Waals surface area contributed by atoms with Gasteiger partial charge in [-0.05, 0) is 19.1 Å². The number of hydrogen-bond donors (Lipinski definition) is 1. The fourth-order valence-electron chi connectivity index (χ4n) is 1.61. The maximum absolute atomic E-state index is 13.5. The van der Waals surface area contributed by atoms with Crippen molar-refractivity contribution in [2.24, 2.45) is 5.73 Å². The number of halogens is 1. The molecule has 1 heterocycles. The average Bonchev–Trinajstić information content (AvgIpc) is 2.64. The van der Waals surface area contributed by atoms with E-state index in [-0.39, 0.29) is 5.82 Å². The Morgan fingerprint density at radius 2 is 1.93 bits per heavy atom. The van der Waals surface area contributed by atoms with Crippen molar-refractivity contribution in [2.75, 3.05) is 0 Å². The normalized spacial score (nSPS) is 12.7. The first-order valence-corrected chi connectivity index (χ1v) is 4.74. The zero-order valence-corrected chi connectivity index (χ0v) is 8.41. The summed E-state index contributed by atoms with van der Waals surface area (Å²) < 4.78 is 18.6. The van der Waals surface area contributed by atoms with Crippen LogP contribution in [0.2, 0.25) is 0 Å². The zero-order chi connectivity index (χ0) is 10.8. The number of hydrogen-bond acceptors (Lipinski definition) is 2. The monoisotopic (exact) mass is 205 g/mol. The first-order valence-electron chi connectivity index (χ1n) is 4.74. The number of nitrogens with two attached hydrogens (primary N) is 1. The molecule has 0 fully saturated rings. The Balaban J connectivity index is 2.41. The van der Waals surface area contributed by atoms with Gasteiger partial charge in [0.05, 0.1) is 12.3 Å². The second-order valence-electron chi connectivity index (χ2n) is 3.43. The summed E-state index contributed by atoms with van der Waals surface area (Å²) in [6, 6.07) is 7.82. The number of furan rings is 1. The highest BCUT2D eigenvalue weighted by molar-refractivity contribution is 5.33. The van der Waals surface area contributed by atoms with Crippen LogP contribution in [-0.4, -0.2) is 0 Å². The molecule has 15 heavy (non-hydrogen) atoms. The minimum Gasteiger partial charge on any atom is -0.469 e. The lowest BCUT2D eigenvalue weighted by Crippen LogP contribution is -2.13. The van der Waals surface area contributed by atoms with Crippen LogP contribution in [0.25, 0.3) is 0 Å². The second kappa shape index (κ2) is 3.87. The Hall–Kier alpha value is -1.61. The van der Waals surface area contributed by atoms with E-state index in [2.05, 4.69) is 0 Å². The van der Waals surface area contributed by atoms with Crippen molar-refractivity contribution in [1.82, 2.24) is 0 Å². The summed E-state index contributed by atoms with van der Waals surface area (Å²) in [6.45, 7) is 1.82. The molecule has 2 nitrogen and oxygen atoms in total. The Morgan fingerprint density at radius 1 is 1.20 bits per heavy atom. The van der Waals surface area contributed by atoms with Crippen LogP contribution in [-0.2, 0) is 0 Å². The topological polar surface area (TPSA) is 39.2 Å². The summed E-state index contributed by atoms with van der Waals surface area (Å²) >= 11 is 0. The highest BCUT2D eigenvalue weighted by atomic mass is 19.1. The largest absolute Gasteiger partial charge is 0.469 e. The Bertz CT molecular complexity index is 464. The molecule has 0 bridgehead atoms. The molecule has 0 aliphatic heterocycles. The van der Waals surface area contributed by atoms with Crippen LogP contribution in [0.3, 0.4) is 0 Å². The molecule has 0 saturated heterocycles. The second-order valence-corrected chi connectivity index (χ2v) is 3.43. The van der Waals surface area contributed by atoms with Crippen molar-refractivity contribution in [2.45, 2.75) is 13.0 Å². The molecule has 78 valence electrons. The molecule has 1 atom stereocenters. The summed E-state index contributed by atoms with van der Waals surface area (Å²) in [5.41, 5.74) is 7.27. The SMILES string of the molecule is Cc1occc1C(N)c1ccccc1F. The Labute approximate surface area is 87.5 Å². The van der Waals surface area contributed by atoms with Crippen molar-refractivity contribution in [3.63, 3.8) is 0 Å². The van der Waals surface area contributed by atoms with Gasteiger partial charge in [0.1, 0.15) is 11.6 Å². The van der Waals surface area contributed by atoms with Gasteiger partial charge in [0, 0.05) is 11.1 Å². The lowest BCUT2D eigenvalue weighted by molar-refractivity contribution is 0.526. The van der Waals surface area contributed by atoms with Gasteiger partial charge in [-0.15, -0.1) is 0 Å². The molecular formula is C12H12FNO. The lowest BCUT2D eigenvalue weighted by atomic mass is 10.00. The van der Waals surface area contributed by atoms with Crippen LogP contribution in [0.1, 0.15) is 22.9 Å². The predicted molar refractivity (Wildman–Crippen MR) is 55.9 cm³/mol. The molecule has 0 spiro atoms. The smallest absolute Gasteiger partial charge is 0.128 e. The third kappa shape index (κ3) is 1.78. The Morgan fingerprint density at radius 3 is 2.53 bits per heavy atom. The van der Waals surface area contributed by atoms with E-state index in [1.165, 1.54) is 6.07 Å². The summed E-state index contributed by atoms with van der Waals surface area (Å²) in [6.07, 6.45) is 1.56. The molecule has 1 aromatic heterocycles. The molecule has 1 aromatic carbocycles. The van der Waals surface area contributed by atoms with E-state index in [1.807, 2.05) is 6.92 Å². The first-order chi connectivity index (χ1) is 7.20. The minimum absolute atomic E-state index is 0.286. The van der Waals surface area contributed by atoms with Crippen molar-refractivity contribution in [3.8, 4) is 0 Å². The average molecular weight is 205 g/mol. The van der Waals surface area contributed by atoms with E-state index in [9.17, 15) is 4.39 Å². The highest BCUT2D eigenvalue weighted by Crippen LogP contribution is 2.24. The first kappa shape index (κ1) is 9.93.